The molecule has 2 N–H and O–H groups in total. The Labute approximate surface area is 130 Å². The number of carbonyl (C=O) groups excluding carboxylic acids is 1. The largest absolute Gasteiger partial charge is 0.326 e. The number of rotatable bonds is 6. The van der Waals surface area contributed by atoms with E-state index in [2.05, 4.69) is 47.4 Å². The van der Waals surface area contributed by atoms with Gasteiger partial charge >= 0.3 is 0 Å². The molecule has 0 saturated carbocycles. The predicted molar refractivity (Wildman–Crippen MR) is 89.9 cm³/mol. The first-order valence-electron chi connectivity index (χ1n) is 7.19. The van der Waals surface area contributed by atoms with Crippen molar-refractivity contribution in [1.29, 1.82) is 0 Å². The van der Waals surface area contributed by atoms with Crippen molar-refractivity contribution in [3.63, 3.8) is 0 Å². The van der Waals surface area contributed by atoms with Gasteiger partial charge in [-0.25, -0.2) is 0 Å². The second kappa shape index (κ2) is 7.38. The number of hydrogen-bond acceptors (Lipinski definition) is 3. The van der Waals surface area contributed by atoms with Crippen molar-refractivity contribution in [3.05, 3.63) is 52.2 Å². The molecule has 3 nitrogen and oxygen atoms in total. The maximum atomic E-state index is 11.1. The Morgan fingerprint density at radius 2 is 2.05 bits per heavy atom. The number of hydrogen-bond donors (Lipinski definition) is 2. The number of thiophene rings is 1. The van der Waals surface area contributed by atoms with Crippen LogP contribution in [0.4, 0.5) is 5.69 Å². The topological polar surface area (TPSA) is 41.1 Å². The summed E-state index contributed by atoms with van der Waals surface area (Å²) in [5.74, 6) is 0.455. The molecule has 0 spiro atoms. The van der Waals surface area contributed by atoms with Crippen LogP contribution in [-0.2, 0) is 4.79 Å². The van der Waals surface area contributed by atoms with Gasteiger partial charge in [0.2, 0.25) is 5.91 Å². The summed E-state index contributed by atoms with van der Waals surface area (Å²) in [5, 5.41) is 10.7. The summed E-state index contributed by atoms with van der Waals surface area (Å²) in [7, 11) is 0. The van der Waals surface area contributed by atoms with Gasteiger partial charge in [-0.3, -0.25) is 4.79 Å². The van der Waals surface area contributed by atoms with Crippen LogP contribution >= 0.6 is 11.3 Å². The summed E-state index contributed by atoms with van der Waals surface area (Å²) in [6, 6.07) is 10.4. The lowest BCUT2D eigenvalue weighted by molar-refractivity contribution is -0.114. The van der Waals surface area contributed by atoms with Gasteiger partial charge in [0.25, 0.3) is 0 Å². The molecule has 2 atom stereocenters. The summed E-state index contributed by atoms with van der Waals surface area (Å²) in [5.41, 5.74) is 3.41. The van der Waals surface area contributed by atoms with Crippen molar-refractivity contribution < 1.29 is 4.79 Å². The lowest BCUT2D eigenvalue weighted by Crippen LogP contribution is -2.23. The molecule has 0 saturated heterocycles. The van der Waals surface area contributed by atoms with Crippen molar-refractivity contribution in [3.8, 4) is 0 Å². The van der Waals surface area contributed by atoms with E-state index in [1.165, 1.54) is 18.1 Å². The maximum absolute atomic E-state index is 11.1. The summed E-state index contributed by atoms with van der Waals surface area (Å²) in [6.07, 6.45) is 0. The molecule has 2 rings (SSSR count). The van der Waals surface area contributed by atoms with Crippen molar-refractivity contribution in [1.82, 2.24) is 5.32 Å². The highest BCUT2D eigenvalue weighted by molar-refractivity contribution is 7.07. The summed E-state index contributed by atoms with van der Waals surface area (Å²) >= 11 is 1.74. The first-order valence-corrected chi connectivity index (χ1v) is 8.13. The monoisotopic (exact) mass is 302 g/mol. The number of carbonyl (C=O) groups is 1. The van der Waals surface area contributed by atoms with Crippen molar-refractivity contribution in [2.75, 3.05) is 11.9 Å². The van der Waals surface area contributed by atoms with E-state index in [0.29, 0.717) is 5.92 Å². The predicted octanol–water partition coefficient (Wildman–Crippen LogP) is 4.16. The molecule has 1 amide bonds. The first-order chi connectivity index (χ1) is 10.1. The zero-order chi connectivity index (χ0) is 15.2. The Kier molecular flexibility index (Phi) is 5.53. The normalized spacial score (nSPS) is 13.7. The Morgan fingerprint density at radius 1 is 1.24 bits per heavy atom. The minimum atomic E-state index is -0.0427. The zero-order valence-electron chi connectivity index (χ0n) is 12.7. The molecule has 0 fully saturated rings. The Hall–Kier alpha value is -1.65. The van der Waals surface area contributed by atoms with E-state index in [-0.39, 0.29) is 11.9 Å². The van der Waals surface area contributed by atoms with Crippen LogP contribution in [0.25, 0.3) is 0 Å². The fraction of sp³-hybridized carbons (Fsp3) is 0.353. The minimum Gasteiger partial charge on any atom is -0.326 e. The van der Waals surface area contributed by atoms with Crippen molar-refractivity contribution in [2.24, 2.45) is 0 Å². The molecule has 0 unspecified atom stereocenters. The average Bonchev–Trinajstić information content (AvgIpc) is 2.98. The molecule has 1 aromatic heterocycles. The number of anilines is 1. The molecule has 0 aliphatic heterocycles. The zero-order valence-corrected chi connectivity index (χ0v) is 13.5. The van der Waals surface area contributed by atoms with E-state index in [9.17, 15) is 4.79 Å². The number of benzene rings is 1. The third-order valence-corrected chi connectivity index (χ3v) is 4.25. The van der Waals surface area contributed by atoms with Crippen LogP contribution in [0.2, 0.25) is 0 Å². The van der Waals surface area contributed by atoms with Crippen LogP contribution in [-0.4, -0.2) is 12.5 Å². The highest BCUT2D eigenvalue weighted by Gasteiger charge is 2.10. The molecular weight excluding hydrogens is 280 g/mol. The van der Waals surface area contributed by atoms with Crippen LogP contribution in [0.5, 0.6) is 0 Å². The van der Waals surface area contributed by atoms with Gasteiger partial charge in [-0.1, -0.05) is 19.1 Å². The average molecular weight is 302 g/mol. The maximum Gasteiger partial charge on any atom is 0.221 e. The van der Waals surface area contributed by atoms with E-state index >= 15 is 0 Å². The smallest absolute Gasteiger partial charge is 0.221 e. The molecule has 112 valence electrons. The van der Waals surface area contributed by atoms with Gasteiger partial charge in [0.1, 0.15) is 0 Å². The molecular formula is C17H22N2OS. The van der Waals surface area contributed by atoms with Gasteiger partial charge in [0, 0.05) is 25.2 Å². The van der Waals surface area contributed by atoms with E-state index in [1.54, 1.807) is 11.3 Å². The van der Waals surface area contributed by atoms with Crippen LogP contribution in [0, 0.1) is 0 Å². The Balaban J connectivity index is 1.93. The number of nitrogens with one attached hydrogen (secondary N) is 2. The molecule has 0 bridgehead atoms. The van der Waals surface area contributed by atoms with Gasteiger partial charge in [-0.05, 0) is 52.9 Å². The molecule has 4 heteroatoms. The van der Waals surface area contributed by atoms with Crippen molar-refractivity contribution >= 4 is 22.9 Å². The van der Waals surface area contributed by atoms with Gasteiger partial charge in [-0.15, -0.1) is 0 Å². The second-order valence-electron chi connectivity index (χ2n) is 5.39. The molecule has 0 radical (unpaired) electrons. The minimum absolute atomic E-state index is 0.0427. The second-order valence-corrected chi connectivity index (χ2v) is 6.17. The standard InChI is InChI=1S/C17H22N2OS/c1-12(16-7-8-21-11-16)10-18-13(2)15-5-4-6-17(9-15)19-14(3)20/h4-9,11-13,18H,10H2,1-3H3,(H,19,20)/t12-,13-/m0/s1. The Morgan fingerprint density at radius 3 is 2.71 bits per heavy atom. The SMILES string of the molecule is CC(=O)Nc1cccc([C@H](C)NC[C@H](C)c2ccsc2)c1. The highest BCUT2D eigenvalue weighted by Crippen LogP contribution is 2.20. The summed E-state index contributed by atoms with van der Waals surface area (Å²) < 4.78 is 0. The van der Waals surface area contributed by atoms with Gasteiger partial charge < -0.3 is 10.6 Å². The molecule has 1 aromatic carbocycles. The van der Waals surface area contributed by atoms with Gasteiger partial charge in [0.15, 0.2) is 0 Å². The lowest BCUT2D eigenvalue weighted by atomic mass is 10.0. The fourth-order valence-electron chi connectivity index (χ4n) is 2.23. The third-order valence-electron chi connectivity index (χ3n) is 3.55. The van der Waals surface area contributed by atoms with Crippen LogP contribution < -0.4 is 10.6 Å². The lowest BCUT2D eigenvalue weighted by Gasteiger charge is -2.18. The molecule has 2 aromatic rings. The fourth-order valence-corrected chi connectivity index (χ4v) is 3.02. The third kappa shape index (κ3) is 4.69. The molecule has 0 aliphatic carbocycles. The highest BCUT2D eigenvalue weighted by atomic mass is 32.1. The van der Waals surface area contributed by atoms with Crippen molar-refractivity contribution in [2.45, 2.75) is 32.7 Å². The molecule has 0 aliphatic rings. The molecule has 21 heavy (non-hydrogen) atoms. The molecule has 1 heterocycles. The van der Waals surface area contributed by atoms with E-state index in [0.717, 1.165) is 12.2 Å². The van der Waals surface area contributed by atoms with Gasteiger partial charge in [0.05, 0.1) is 0 Å². The number of amides is 1. The van der Waals surface area contributed by atoms with E-state index in [4.69, 9.17) is 0 Å². The summed E-state index contributed by atoms with van der Waals surface area (Å²) in [6.45, 7) is 6.84. The van der Waals surface area contributed by atoms with Crippen LogP contribution in [0.3, 0.4) is 0 Å². The summed E-state index contributed by atoms with van der Waals surface area (Å²) in [4.78, 5) is 11.1. The quantitative estimate of drug-likeness (QED) is 0.841. The van der Waals surface area contributed by atoms with Crippen LogP contribution in [0.15, 0.2) is 41.1 Å². The Bertz CT molecular complexity index is 580. The van der Waals surface area contributed by atoms with E-state index in [1.807, 2.05) is 18.2 Å². The van der Waals surface area contributed by atoms with E-state index < -0.39 is 0 Å². The first kappa shape index (κ1) is 15.7. The van der Waals surface area contributed by atoms with Crippen LogP contribution in [0.1, 0.15) is 43.9 Å². The van der Waals surface area contributed by atoms with Gasteiger partial charge in [-0.2, -0.15) is 11.3 Å².